The highest BCUT2D eigenvalue weighted by Gasteiger charge is 2.17. The van der Waals surface area contributed by atoms with E-state index in [1.165, 1.54) is 17.6 Å². The Morgan fingerprint density at radius 1 is 1.11 bits per heavy atom. The third kappa shape index (κ3) is 4.57. The number of hydrogen-bond acceptors (Lipinski definition) is 5. The highest BCUT2D eigenvalue weighted by molar-refractivity contribution is 7.12. The van der Waals surface area contributed by atoms with Gasteiger partial charge in [0.15, 0.2) is 11.6 Å². The summed E-state index contributed by atoms with van der Waals surface area (Å²) in [6.45, 7) is 0.0690. The number of carbonyl (C=O) groups excluding carboxylic acids is 2. The summed E-state index contributed by atoms with van der Waals surface area (Å²) in [5.41, 5.74) is -0.0333. The van der Waals surface area contributed by atoms with Gasteiger partial charge in [0.25, 0.3) is 0 Å². The van der Waals surface area contributed by atoms with E-state index < -0.39 is 29.6 Å². The number of amides is 2. The second-order valence-corrected chi connectivity index (χ2v) is 6.69. The monoisotopic (exact) mass is 392 g/mol. The van der Waals surface area contributed by atoms with Crippen LogP contribution in [0.25, 0.3) is 0 Å². The zero-order valence-corrected chi connectivity index (χ0v) is 14.6. The Labute approximate surface area is 156 Å². The summed E-state index contributed by atoms with van der Waals surface area (Å²) in [6, 6.07) is 9.49. The molecule has 0 spiro atoms. The van der Waals surface area contributed by atoms with Gasteiger partial charge >= 0.3 is 11.8 Å². The second-order valence-electron chi connectivity index (χ2n) is 5.49. The predicted molar refractivity (Wildman–Crippen MR) is 93.9 cm³/mol. The molecule has 0 aliphatic rings. The fourth-order valence-electron chi connectivity index (χ4n) is 2.23. The van der Waals surface area contributed by atoms with E-state index in [2.05, 4.69) is 10.6 Å². The van der Waals surface area contributed by atoms with Gasteiger partial charge in [0.1, 0.15) is 11.9 Å². The number of halogens is 2. The zero-order valence-electron chi connectivity index (χ0n) is 13.7. The molecule has 140 valence electrons. The molecule has 0 radical (unpaired) electrons. The minimum atomic E-state index is -1.13. The lowest BCUT2D eigenvalue weighted by Gasteiger charge is -2.06. The highest BCUT2D eigenvalue weighted by Crippen LogP contribution is 2.28. The molecule has 1 aromatic carbocycles. The molecule has 3 aromatic rings. The summed E-state index contributed by atoms with van der Waals surface area (Å²) in [5, 5.41) is 14.8. The lowest BCUT2D eigenvalue weighted by Crippen LogP contribution is -2.34. The minimum Gasteiger partial charge on any atom is -0.466 e. The molecule has 1 atom stereocenters. The summed E-state index contributed by atoms with van der Waals surface area (Å²) < 4.78 is 31.1. The fourth-order valence-corrected chi connectivity index (χ4v) is 3.18. The van der Waals surface area contributed by atoms with Gasteiger partial charge in [-0.2, -0.15) is 0 Å². The Balaban J connectivity index is 1.54. The zero-order chi connectivity index (χ0) is 19.4. The van der Waals surface area contributed by atoms with Crippen molar-refractivity contribution in [2.75, 3.05) is 5.32 Å². The van der Waals surface area contributed by atoms with Gasteiger partial charge in [-0.25, -0.2) is 8.78 Å². The molecule has 0 bridgehead atoms. The normalized spacial score (nSPS) is 11.8. The molecule has 0 saturated carbocycles. The van der Waals surface area contributed by atoms with Gasteiger partial charge in [-0.15, -0.1) is 11.3 Å². The quantitative estimate of drug-likeness (QED) is 0.582. The number of benzene rings is 1. The van der Waals surface area contributed by atoms with Crippen molar-refractivity contribution < 1.29 is 27.9 Å². The third-order valence-electron chi connectivity index (χ3n) is 3.57. The molecule has 9 heteroatoms. The van der Waals surface area contributed by atoms with Gasteiger partial charge in [0.2, 0.25) is 0 Å². The van der Waals surface area contributed by atoms with Crippen LogP contribution in [0.1, 0.15) is 21.6 Å². The van der Waals surface area contributed by atoms with Crippen molar-refractivity contribution >= 4 is 28.8 Å². The molecule has 2 amide bonds. The van der Waals surface area contributed by atoms with Crippen molar-refractivity contribution in [1.82, 2.24) is 5.32 Å². The van der Waals surface area contributed by atoms with E-state index in [0.717, 1.165) is 18.2 Å². The molecule has 3 rings (SSSR count). The number of thiophene rings is 1. The molecule has 0 fully saturated rings. The largest absolute Gasteiger partial charge is 0.466 e. The van der Waals surface area contributed by atoms with E-state index in [4.69, 9.17) is 4.42 Å². The van der Waals surface area contributed by atoms with Crippen LogP contribution in [0.15, 0.2) is 53.1 Å². The van der Waals surface area contributed by atoms with Crippen LogP contribution in [0.3, 0.4) is 0 Å². The topological polar surface area (TPSA) is 91.6 Å². The summed E-state index contributed by atoms with van der Waals surface area (Å²) in [6.07, 6.45) is 0.546. The Hall–Kier alpha value is -3.04. The number of aliphatic hydroxyl groups is 1. The Bertz CT molecular complexity index is 956. The summed E-state index contributed by atoms with van der Waals surface area (Å²) in [7, 11) is 0. The Kier molecular flexibility index (Phi) is 5.63. The van der Waals surface area contributed by atoms with Gasteiger partial charge in [0, 0.05) is 21.5 Å². The molecular weight excluding hydrogens is 378 g/mol. The van der Waals surface area contributed by atoms with Crippen LogP contribution >= 0.6 is 11.3 Å². The number of furan rings is 1. The van der Waals surface area contributed by atoms with Crippen molar-refractivity contribution in [3.05, 3.63) is 75.9 Å². The van der Waals surface area contributed by atoms with E-state index in [-0.39, 0.29) is 12.2 Å². The van der Waals surface area contributed by atoms with Crippen LogP contribution in [0.2, 0.25) is 0 Å². The van der Waals surface area contributed by atoms with E-state index in [0.29, 0.717) is 15.5 Å². The van der Waals surface area contributed by atoms with Crippen molar-refractivity contribution in [3.8, 4) is 0 Å². The number of nitrogens with one attached hydrogen (secondary N) is 2. The van der Waals surface area contributed by atoms with Gasteiger partial charge < -0.3 is 20.2 Å². The first kappa shape index (κ1) is 18.7. The van der Waals surface area contributed by atoms with Crippen molar-refractivity contribution in [2.24, 2.45) is 0 Å². The lowest BCUT2D eigenvalue weighted by molar-refractivity contribution is -0.136. The van der Waals surface area contributed by atoms with Crippen LogP contribution in [0.5, 0.6) is 0 Å². The molecule has 27 heavy (non-hydrogen) atoms. The maximum Gasteiger partial charge on any atom is 0.313 e. The van der Waals surface area contributed by atoms with E-state index in [1.807, 2.05) is 0 Å². The fraction of sp³-hybridized carbons (Fsp3) is 0.111. The van der Waals surface area contributed by atoms with Crippen molar-refractivity contribution in [2.45, 2.75) is 12.6 Å². The molecule has 0 saturated heterocycles. The molecule has 2 heterocycles. The number of carbonyl (C=O) groups is 2. The molecular formula is C18H14F2N2O4S. The number of hydrogen-bond donors (Lipinski definition) is 3. The van der Waals surface area contributed by atoms with Crippen LogP contribution in [-0.4, -0.2) is 16.9 Å². The summed E-state index contributed by atoms with van der Waals surface area (Å²) in [4.78, 5) is 25.0. The summed E-state index contributed by atoms with van der Waals surface area (Å²) >= 11 is 1.25. The first-order valence-corrected chi connectivity index (χ1v) is 8.60. The van der Waals surface area contributed by atoms with Crippen LogP contribution < -0.4 is 10.6 Å². The van der Waals surface area contributed by atoms with Gasteiger partial charge in [-0.05, 0) is 36.4 Å². The van der Waals surface area contributed by atoms with Gasteiger partial charge in [0.05, 0.1) is 12.8 Å². The SMILES string of the molecule is O=C(NCc1ccc([C@@H](O)c2ccco2)s1)C(=O)Nc1ccc(F)c(F)c1. The molecule has 2 aromatic heterocycles. The highest BCUT2D eigenvalue weighted by atomic mass is 32.1. The molecule has 6 nitrogen and oxygen atoms in total. The van der Waals surface area contributed by atoms with Crippen LogP contribution in [0.4, 0.5) is 14.5 Å². The molecule has 0 unspecified atom stereocenters. The maximum atomic E-state index is 13.1. The lowest BCUT2D eigenvalue weighted by atomic mass is 10.2. The number of anilines is 1. The maximum absolute atomic E-state index is 13.1. The number of aliphatic hydroxyl groups excluding tert-OH is 1. The van der Waals surface area contributed by atoms with Crippen LogP contribution in [0, 0.1) is 11.6 Å². The molecule has 0 aliphatic heterocycles. The van der Waals surface area contributed by atoms with E-state index in [1.54, 1.807) is 24.3 Å². The average molecular weight is 392 g/mol. The first-order chi connectivity index (χ1) is 12.9. The second kappa shape index (κ2) is 8.11. The van der Waals surface area contributed by atoms with Crippen molar-refractivity contribution in [3.63, 3.8) is 0 Å². The van der Waals surface area contributed by atoms with Gasteiger partial charge in [-0.1, -0.05) is 0 Å². The molecule has 3 N–H and O–H groups in total. The average Bonchev–Trinajstić information content (AvgIpc) is 3.34. The summed E-state index contributed by atoms with van der Waals surface area (Å²) in [5.74, 6) is -3.72. The van der Waals surface area contributed by atoms with Gasteiger partial charge in [-0.3, -0.25) is 9.59 Å². The Morgan fingerprint density at radius 3 is 2.63 bits per heavy atom. The van der Waals surface area contributed by atoms with E-state index in [9.17, 15) is 23.5 Å². The minimum absolute atomic E-state index is 0.0333. The predicted octanol–water partition coefficient (Wildman–Crippen LogP) is 2.96. The number of rotatable bonds is 5. The first-order valence-electron chi connectivity index (χ1n) is 7.78. The molecule has 0 aliphatic carbocycles. The van der Waals surface area contributed by atoms with E-state index >= 15 is 0 Å². The third-order valence-corrected chi connectivity index (χ3v) is 4.71. The van der Waals surface area contributed by atoms with Crippen molar-refractivity contribution in [1.29, 1.82) is 0 Å². The standard InChI is InChI=1S/C18H14F2N2O4S/c19-12-5-3-10(8-13(12)20)22-18(25)17(24)21-9-11-4-6-15(27-11)16(23)14-2-1-7-26-14/h1-8,16,23H,9H2,(H,21,24)(H,22,25)/t16-/m0/s1. The van der Waals surface area contributed by atoms with Crippen LogP contribution in [-0.2, 0) is 16.1 Å². The Morgan fingerprint density at radius 2 is 1.93 bits per heavy atom. The smallest absolute Gasteiger partial charge is 0.313 e.